The average Bonchev–Trinajstić information content (AvgIpc) is 2.04. The topological polar surface area (TPSA) is 40.5 Å². The van der Waals surface area contributed by atoms with Gasteiger partial charge in [-0.1, -0.05) is 22.0 Å². The van der Waals surface area contributed by atoms with Gasteiger partial charge < -0.3 is 10.0 Å². The molecule has 0 heterocycles. The molecule has 0 aromatic heterocycles. The van der Waals surface area contributed by atoms with E-state index in [4.69, 9.17) is 5.11 Å². The van der Waals surface area contributed by atoms with Gasteiger partial charge in [0, 0.05) is 24.8 Å². The van der Waals surface area contributed by atoms with Crippen LogP contribution in [0, 0.1) is 0 Å². The van der Waals surface area contributed by atoms with E-state index in [1.54, 1.807) is 11.0 Å². The fraction of sp³-hybridized carbons (Fsp3) is 0.625. The van der Waals surface area contributed by atoms with Crippen LogP contribution in [0.1, 0.15) is 6.42 Å². The van der Waals surface area contributed by atoms with Crippen LogP contribution in [0.5, 0.6) is 0 Å². The van der Waals surface area contributed by atoms with Crippen molar-refractivity contribution in [3.63, 3.8) is 0 Å². The summed E-state index contributed by atoms with van der Waals surface area (Å²) in [6.07, 6.45) is 2.12. The van der Waals surface area contributed by atoms with E-state index < -0.39 is 0 Å². The summed E-state index contributed by atoms with van der Waals surface area (Å²) in [5.74, 6) is 0.0424. The van der Waals surface area contributed by atoms with Crippen molar-refractivity contribution in [2.45, 2.75) is 6.42 Å². The molecule has 0 radical (unpaired) electrons. The van der Waals surface area contributed by atoms with Crippen LogP contribution in [-0.2, 0) is 4.79 Å². The molecule has 0 aromatic rings. The number of alkyl halides is 1. The van der Waals surface area contributed by atoms with Gasteiger partial charge in [-0.25, -0.2) is 0 Å². The van der Waals surface area contributed by atoms with Crippen LogP contribution >= 0.6 is 15.9 Å². The molecule has 0 atom stereocenters. The maximum absolute atomic E-state index is 11.3. The molecule has 0 spiro atoms. The number of carbonyl (C=O) groups is 1. The van der Waals surface area contributed by atoms with E-state index in [-0.39, 0.29) is 12.5 Å². The molecule has 0 aliphatic rings. The zero-order valence-corrected chi connectivity index (χ0v) is 8.59. The van der Waals surface area contributed by atoms with E-state index >= 15 is 0 Å². The minimum absolute atomic E-state index is 0.00185. The molecule has 3 nitrogen and oxygen atoms in total. The summed E-state index contributed by atoms with van der Waals surface area (Å²) in [5, 5.41) is 9.30. The fourth-order valence-electron chi connectivity index (χ4n) is 0.833. The van der Waals surface area contributed by atoms with Crippen LogP contribution in [0.25, 0.3) is 0 Å². The van der Waals surface area contributed by atoms with Crippen LogP contribution in [0.3, 0.4) is 0 Å². The molecular weight excluding hydrogens is 222 g/mol. The van der Waals surface area contributed by atoms with Gasteiger partial charge in [0.1, 0.15) is 0 Å². The third kappa shape index (κ3) is 4.51. The van der Waals surface area contributed by atoms with E-state index in [1.165, 1.54) is 0 Å². The zero-order chi connectivity index (χ0) is 9.40. The Morgan fingerprint density at radius 2 is 2.33 bits per heavy atom. The van der Waals surface area contributed by atoms with E-state index in [0.717, 1.165) is 0 Å². The lowest BCUT2D eigenvalue weighted by molar-refractivity contribution is -0.130. The molecule has 0 unspecified atom stereocenters. The van der Waals surface area contributed by atoms with E-state index in [0.29, 0.717) is 24.8 Å². The van der Waals surface area contributed by atoms with Gasteiger partial charge in [0.05, 0.1) is 6.61 Å². The summed E-state index contributed by atoms with van der Waals surface area (Å²) in [6, 6.07) is 0. The smallest absolute Gasteiger partial charge is 0.223 e. The molecule has 0 aliphatic carbocycles. The number of aliphatic hydroxyl groups excluding tert-OH is 1. The molecular formula is C8H14BrNO2. The summed E-state index contributed by atoms with van der Waals surface area (Å²) >= 11 is 3.18. The number of carbonyl (C=O) groups excluding carboxylic acids is 1. The highest BCUT2D eigenvalue weighted by molar-refractivity contribution is 9.09. The molecule has 4 heteroatoms. The van der Waals surface area contributed by atoms with Crippen molar-refractivity contribution in [1.29, 1.82) is 0 Å². The maximum Gasteiger partial charge on any atom is 0.223 e. The van der Waals surface area contributed by atoms with Gasteiger partial charge in [0.2, 0.25) is 5.91 Å². The highest BCUT2D eigenvalue weighted by atomic mass is 79.9. The first-order valence-electron chi connectivity index (χ1n) is 3.81. The largest absolute Gasteiger partial charge is 0.395 e. The van der Waals surface area contributed by atoms with Gasteiger partial charge in [-0.2, -0.15) is 0 Å². The minimum atomic E-state index is 0.00185. The Morgan fingerprint density at radius 3 is 2.75 bits per heavy atom. The number of hydrogen-bond acceptors (Lipinski definition) is 2. The second kappa shape index (κ2) is 7.31. The van der Waals surface area contributed by atoms with Crippen LogP contribution in [0.2, 0.25) is 0 Å². The SMILES string of the molecule is C=CCN(CCO)C(=O)CCBr. The Balaban J connectivity index is 3.89. The predicted octanol–water partition coefficient (Wildman–Crippen LogP) is 0.778. The maximum atomic E-state index is 11.3. The lowest BCUT2D eigenvalue weighted by atomic mass is 10.3. The van der Waals surface area contributed by atoms with E-state index in [2.05, 4.69) is 22.5 Å². The first-order chi connectivity index (χ1) is 5.76. The van der Waals surface area contributed by atoms with Crippen molar-refractivity contribution in [3.8, 4) is 0 Å². The molecule has 0 aromatic carbocycles. The van der Waals surface area contributed by atoms with Crippen molar-refractivity contribution >= 4 is 21.8 Å². The van der Waals surface area contributed by atoms with Gasteiger partial charge in [-0.3, -0.25) is 4.79 Å². The van der Waals surface area contributed by atoms with E-state index in [1.807, 2.05) is 0 Å². The molecule has 12 heavy (non-hydrogen) atoms. The highest BCUT2D eigenvalue weighted by Gasteiger charge is 2.09. The average molecular weight is 236 g/mol. The van der Waals surface area contributed by atoms with Gasteiger partial charge in [0.25, 0.3) is 0 Å². The first kappa shape index (κ1) is 11.6. The minimum Gasteiger partial charge on any atom is -0.395 e. The van der Waals surface area contributed by atoms with Crippen LogP contribution < -0.4 is 0 Å². The Labute approximate surface area is 81.2 Å². The Morgan fingerprint density at radius 1 is 1.67 bits per heavy atom. The number of halogens is 1. The summed E-state index contributed by atoms with van der Waals surface area (Å²) in [6.45, 7) is 4.43. The number of aliphatic hydroxyl groups is 1. The molecule has 1 amide bonds. The number of rotatable bonds is 6. The van der Waals surface area contributed by atoms with Crippen LogP contribution in [-0.4, -0.2) is 40.9 Å². The molecule has 0 saturated heterocycles. The molecule has 0 fully saturated rings. The van der Waals surface area contributed by atoms with Crippen molar-refractivity contribution < 1.29 is 9.90 Å². The number of amides is 1. The highest BCUT2D eigenvalue weighted by Crippen LogP contribution is 1.96. The molecule has 0 rings (SSSR count). The van der Waals surface area contributed by atoms with E-state index in [9.17, 15) is 4.79 Å². The predicted molar refractivity (Wildman–Crippen MR) is 52.3 cm³/mol. The second-order valence-electron chi connectivity index (χ2n) is 2.29. The molecule has 0 aliphatic heterocycles. The first-order valence-corrected chi connectivity index (χ1v) is 4.94. The van der Waals surface area contributed by atoms with Crippen LogP contribution in [0.4, 0.5) is 0 Å². The van der Waals surface area contributed by atoms with Gasteiger partial charge in [0.15, 0.2) is 0 Å². The fourth-order valence-corrected chi connectivity index (χ4v) is 1.17. The van der Waals surface area contributed by atoms with Gasteiger partial charge >= 0.3 is 0 Å². The van der Waals surface area contributed by atoms with Crippen molar-refractivity contribution in [1.82, 2.24) is 4.90 Å². The molecule has 0 saturated carbocycles. The van der Waals surface area contributed by atoms with Gasteiger partial charge in [-0.15, -0.1) is 6.58 Å². The van der Waals surface area contributed by atoms with Crippen molar-refractivity contribution in [3.05, 3.63) is 12.7 Å². The lowest BCUT2D eigenvalue weighted by Crippen LogP contribution is -2.33. The molecule has 1 N–H and O–H groups in total. The third-order valence-electron chi connectivity index (χ3n) is 1.38. The summed E-state index contributed by atoms with van der Waals surface area (Å²) in [7, 11) is 0. The Kier molecular flexibility index (Phi) is 7.09. The molecule has 70 valence electrons. The Hall–Kier alpha value is -0.350. The third-order valence-corrected chi connectivity index (χ3v) is 1.78. The quantitative estimate of drug-likeness (QED) is 0.546. The summed E-state index contributed by atoms with van der Waals surface area (Å²) in [5.41, 5.74) is 0. The van der Waals surface area contributed by atoms with Gasteiger partial charge in [-0.05, 0) is 0 Å². The lowest BCUT2D eigenvalue weighted by Gasteiger charge is -2.19. The summed E-state index contributed by atoms with van der Waals surface area (Å²) < 4.78 is 0. The normalized spacial score (nSPS) is 9.50. The van der Waals surface area contributed by atoms with Crippen LogP contribution in [0.15, 0.2) is 12.7 Å². The zero-order valence-electron chi connectivity index (χ0n) is 7.00. The van der Waals surface area contributed by atoms with Crippen molar-refractivity contribution in [2.24, 2.45) is 0 Å². The monoisotopic (exact) mass is 235 g/mol. The standard InChI is InChI=1S/C8H14BrNO2/c1-2-5-10(6-7-11)8(12)3-4-9/h2,11H,1,3-7H2. The second-order valence-corrected chi connectivity index (χ2v) is 3.08. The Bertz CT molecular complexity index is 150. The molecule has 0 bridgehead atoms. The van der Waals surface area contributed by atoms with Crippen molar-refractivity contribution in [2.75, 3.05) is 25.0 Å². The number of nitrogens with zero attached hydrogens (tertiary/aromatic N) is 1. The number of hydrogen-bond donors (Lipinski definition) is 1. The summed E-state index contributed by atoms with van der Waals surface area (Å²) in [4.78, 5) is 12.8.